The third-order valence-corrected chi connectivity index (χ3v) is 8.09. The molecule has 7 heteroatoms. The summed E-state index contributed by atoms with van der Waals surface area (Å²) in [5.74, 6) is 0.808. The molecular formula is C28H32N2O4S. The molecule has 0 saturated carbocycles. The average Bonchev–Trinajstić information content (AvgIpc) is 3.44. The molecule has 0 aromatic heterocycles. The number of sulfonamides is 1. The Hall–Kier alpha value is -3.16. The van der Waals surface area contributed by atoms with Gasteiger partial charge in [0, 0.05) is 26.1 Å². The molecule has 3 aromatic carbocycles. The van der Waals surface area contributed by atoms with E-state index in [1.54, 1.807) is 28.6 Å². The maximum absolute atomic E-state index is 12.6. The van der Waals surface area contributed by atoms with E-state index in [-0.39, 0.29) is 5.91 Å². The van der Waals surface area contributed by atoms with Gasteiger partial charge in [0.1, 0.15) is 12.4 Å². The first kappa shape index (κ1) is 24.9. The zero-order valence-corrected chi connectivity index (χ0v) is 20.7. The van der Waals surface area contributed by atoms with Crippen molar-refractivity contribution in [3.05, 3.63) is 95.6 Å². The van der Waals surface area contributed by atoms with Crippen molar-refractivity contribution >= 4 is 15.9 Å². The van der Waals surface area contributed by atoms with E-state index >= 15 is 0 Å². The molecule has 35 heavy (non-hydrogen) atoms. The molecule has 1 N–H and O–H groups in total. The Balaban J connectivity index is 1.16. The summed E-state index contributed by atoms with van der Waals surface area (Å²) in [5, 5.41) is 2.96. The SMILES string of the molecule is O=C(CCc1ccc(S(=O)(=O)N2CCCC2)cc1)NCCc1ccc(OCc2ccccc2)cc1. The van der Waals surface area contributed by atoms with Crippen LogP contribution in [0.2, 0.25) is 0 Å². The minimum Gasteiger partial charge on any atom is -0.489 e. The maximum Gasteiger partial charge on any atom is 0.243 e. The summed E-state index contributed by atoms with van der Waals surface area (Å²) < 4.78 is 32.6. The lowest BCUT2D eigenvalue weighted by Gasteiger charge is -2.15. The van der Waals surface area contributed by atoms with Crippen molar-refractivity contribution in [2.45, 2.75) is 43.6 Å². The molecule has 0 atom stereocenters. The van der Waals surface area contributed by atoms with Gasteiger partial charge in [0.05, 0.1) is 4.90 Å². The lowest BCUT2D eigenvalue weighted by molar-refractivity contribution is -0.121. The summed E-state index contributed by atoms with van der Waals surface area (Å²) >= 11 is 0. The van der Waals surface area contributed by atoms with Gasteiger partial charge in [-0.1, -0.05) is 54.6 Å². The van der Waals surface area contributed by atoms with Crippen molar-refractivity contribution in [1.82, 2.24) is 9.62 Å². The Morgan fingerprint density at radius 1 is 0.800 bits per heavy atom. The molecule has 1 aliphatic heterocycles. The summed E-state index contributed by atoms with van der Waals surface area (Å²) in [6, 6.07) is 24.9. The predicted molar refractivity (Wildman–Crippen MR) is 137 cm³/mol. The highest BCUT2D eigenvalue weighted by molar-refractivity contribution is 7.89. The van der Waals surface area contributed by atoms with Crippen molar-refractivity contribution in [3.63, 3.8) is 0 Å². The predicted octanol–water partition coefficient (Wildman–Crippen LogP) is 4.34. The van der Waals surface area contributed by atoms with Crippen molar-refractivity contribution in [2.75, 3.05) is 19.6 Å². The quantitative estimate of drug-likeness (QED) is 0.432. The van der Waals surface area contributed by atoms with Gasteiger partial charge >= 0.3 is 0 Å². The molecule has 0 spiro atoms. The van der Waals surface area contributed by atoms with Gasteiger partial charge in [0.2, 0.25) is 15.9 Å². The summed E-state index contributed by atoms with van der Waals surface area (Å²) in [6.07, 6.45) is 3.52. The van der Waals surface area contributed by atoms with Crippen LogP contribution in [0.3, 0.4) is 0 Å². The van der Waals surface area contributed by atoms with Crippen molar-refractivity contribution in [2.24, 2.45) is 0 Å². The smallest absolute Gasteiger partial charge is 0.243 e. The van der Waals surface area contributed by atoms with Crippen LogP contribution >= 0.6 is 0 Å². The Labute approximate surface area is 208 Å². The number of hydrogen-bond donors (Lipinski definition) is 1. The summed E-state index contributed by atoms with van der Waals surface area (Å²) in [5.41, 5.74) is 3.21. The monoisotopic (exact) mass is 492 g/mol. The fourth-order valence-electron chi connectivity index (χ4n) is 4.09. The molecule has 1 saturated heterocycles. The first-order valence-corrected chi connectivity index (χ1v) is 13.6. The molecular weight excluding hydrogens is 460 g/mol. The number of benzene rings is 3. The number of aryl methyl sites for hydroxylation is 1. The fraction of sp³-hybridized carbons (Fsp3) is 0.321. The van der Waals surface area contributed by atoms with Crippen LogP contribution in [0.1, 0.15) is 36.0 Å². The van der Waals surface area contributed by atoms with Crippen molar-refractivity contribution in [3.8, 4) is 5.75 Å². The van der Waals surface area contributed by atoms with Crippen LogP contribution in [-0.2, 0) is 34.3 Å². The van der Waals surface area contributed by atoms with E-state index in [0.29, 0.717) is 44.0 Å². The van der Waals surface area contributed by atoms with Gasteiger partial charge in [-0.25, -0.2) is 8.42 Å². The molecule has 6 nitrogen and oxygen atoms in total. The number of amides is 1. The fourth-order valence-corrected chi connectivity index (χ4v) is 5.61. The summed E-state index contributed by atoms with van der Waals surface area (Å²) in [7, 11) is -3.40. The van der Waals surface area contributed by atoms with Gasteiger partial charge in [-0.05, 0) is 66.6 Å². The van der Waals surface area contributed by atoms with E-state index in [9.17, 15) is 13.2 Å². The van der Waals surface area contributed by atoms with Gasteiger partial charge in [-0.2, -0.15) is 4.31 Å². The van der Waals surface area contributed by atoms with Gasteiger partial charge < -0.3 is 10.1 Å². The molecule has 0 unspecified atom stereocenters. The largest absolute Gasteiger partial charge is 0.489 e. The number of nitrogens with one attached hydrogen (secondary N) is 1. The third-order valence-electron chi connectivity index (χ3n) is 6.17. The zero-order chi connectivity index (χ0) is 24.5. The van der Waals surface area contributed by atoms with Crippen LogP contribution in [0.5, 0.6) is 5.75 Å². The van der Waals surface area contributed by atoms with Crippen LogP contribution in [0.25, 0.3) is 0 Å². The zero-order valence-electron chi connectivity index (χ0n) is 19.9. The standard InChI is InChI=1S/C28H32N2O4S/c31-28(17-12-23-10-15-27(16-11-23)35(32,33)30-20-4-5-21-30)29-19-18-24-8-13-26(14-9-24)34-22-25-6-2-1-3-7-25/h1-3,6-11,13-16H,4-5,12,17-22H2,(H,29,31). The normalized spacial score (nSPS) is 14.1. The Kier molecular flexibility index (Phi) is 8.55. The molecule has 3 aromatic rings. The van der Waals surface area contributed by atoms with E-state index < -0.39 is 10.0 Å². The van der Waals surface area contributed by atoms with Gasteiger partial charge in [0.25, 0.3) is 0 Å². The van der Waals surface area contributed by atoms with Crippen molar-refractivity contribution < 1.29 is 17.9 Å². The van der Waals surface area contributed by atoms with Crippen molar-refractivity contribution in [1.29, 1.82) is 0 Å². The van der Waals surface area contributed by atoms with E-state index in [1.807, 2.05) is 54.6 Å². The topological polar surface area (TPSA) is 75.7 Å². The summed E-state index contributed by atoms with van der Waals surface area (Å²) in [6.45, 7) is 2.29. The van der Waals surface area contributed by atoms with Gasteiger partial charge in [0.15, 0.2) is 0 Å². The molecule has 1 amide bonds. The van der Waals surface area contributed by atoms with E-state index in [0.717, 1.165) is 41.7 Å². The Morgan fingerprint density at radius 2 is 1.43 bits per heavy atom. The number of carbonyl (C=O) groups excluding carboxylic acids is 1. The lowest BCUT2D eigenvalue weighted by atomic mass is 10.1. The molecule has 1 aliphatic rings. The van der Waals surface area contributed by atoms with E-state index in [1.165, 1.54) is 0 Å². The number of hydrogen-bond acceptors (Lipinski definition) is 4. The number of rotatable bonds is 11. The second-order valence-corrected chi connectivity index (χ2v) is 10.7. The van der Waals surface area contributed by atoms with Crippen LogP contribution in [-0.4, -0.2) is 38.3 Å². The van der Waals surface area contributed by atoms with Gasteiger partial charge in [-0.15, -0.1) is 0 Å². The van der Waals surface area contributed by atoms with Crippen LogP contribution < -0.4 is 10.1 Å². The van der Waals surface area contributed by atoms with E-state index in [4.69, 9.17) is 4.74 Å². The van der Waals surface area contributed by atoms with E-state index in [2.05, 4.69) is 5.32 Å². The summed E-state index contributed by atoms with van der Waals surface area (Å²) in [4.78, 5) is 12.6. The second-order valence-electron chi connectivity index (χ2n) is 8.77. The van der Waals surface area contributed by atoms with Gasteiger partial charge in [-0.3, -0.25) is 4.79 Å². The van der Waals surface area contributed by atoms with Crippen LogP contribution in [0, 0.1) is 0 Å². The third kappa shape index (κ3) is 7.16. The maximum atomic E-state index is 12.6. The van der Waals surface area contributed by atoms with Crippen LogP contribution in [0.15, 0.2) is 83.8 Å². The second kappa shape index (κ2) is 12.0. The highest BCUT2D eigenvalue weighted by atomic mass is 32.2. The molecule has 1 heterocycles. The minimum absolute atomic E-state index is 0.0124. The number of carbonyl (C=O) groups is 1. The van der Waals surface area contributed by atoms with Crippen LogP contribution in [0.4, 0.5) is 0 Å². The molecule has 0 radical (unpaired) electrons. The molecule has 1 fully saturated rings. The Bertz CT molecular complexity index is 1190. The first-order valence-electron chi connectivity index (χ1n) is 12.1. The number of ether oxygens (including phenoxy) is 1. The highest BCUT2D eigenvalue weighted by Crippen LogP contribution is 2.21. The highest BCUT2D eigenvalue weighted by Gasteiger charge is 2.26. The molecule has 4 rings (SSSR count). The molecule has 0 aliphatic carbocycles. The molecule has 0 bridgehead atoms. The minimum atomic E-state index is -3.40. The first-order chi connectivity index (χ1) is 17.0. The lowest BCUT2D eigenvalue weighted by Crippen LogP contribution is -2.27. The molecule has 184 valence electrons. The Morgan fingerprint density at radius 3 is 2.11 bits per heavy atom. The average molecular weight is 493 g/mol. The number of nitrogens with zero attached hydrogens (tertiary/aromatic N) is 1.